The largest absolute Gasteiger partial charge is 0.493 e. The van der Waals surface area contributed by atoms with Crippen molar-refractivity contribution in [3.05, 3.63) is 23.3 Å². The zero-order valence-electron chi connectivity index (χ0n) is 10.9. The molecule has 96 valence electrons. The molecule has 1 N–H and O–H groups in total. The molecule has 1 atom stereocenters. The lowest BCUT2D eigenvalue weighted by Crippen LogP contribution is -2.16. The van der Waals surface area contributed by atoms with E-state index < -0.39 is 11.8 Å². The van der Waals surface area contributed by atoms with Crippen molar-refractivity contribution in [1.82, 2.24) is 0 Å². The number of halogens is 1. The number of rotatable bonds is 4. The summed E-state index contributed by atoms with van der Waals surface area (Å²) in [5.41, 5.74) is -0.0814. The molecule has 0 radical (unpaired) electrons. The van der Waals surface area contributed by atoms with Crippen LogP contribution < -0.4 is 9.47 Å². The van der Waals surface area contributed by atoms with Gasteiger partial charge in [-0.25, -0.2) is 4.39 Å². The monoisotopic (exact) mass is 242 g/mol. The van der Waals surface area contributed by atoms with E-state index >= 15 is 0 Å². The summed E-state index contributed by atoms with van der Waals surface area (Å²) < 4.78 is 23.9. The molecule has 17 heavy (non-hydrogen) atoms. The summed E-state index contributed by atoms with van der Waals surface area (Å²) in [5.74, 6) is 0.794. The van der Waals surface area contributed by atoms with Gasteiger partial charge in [0.1, 0.15) is 6.17 Å². The summed E-state index contributed by atoms with van der Waals surface area (Å²) in [6.07, 6.45) is -1.19. The standard InChI is InChI=1S/C13H19FO3/c1-8(14)10-6-9(13(2,3)15)7-11(16-4)12(10)17-5/h6-8,15H,1-5H3. The molecular weight excluding hydrogens is 223 g/mol. The molecule has 0 spiro atoms. The lowest BCUT2D eigenvalue weighted by Gasteiger charge is -2.22. The number of aliphatic hydroxyl groups is 1. The van der Waals surface area contributed by atoms with Crippen LogP contribution in [-0.2, 0) is 5.60 Å². The van der Waals surface area contributed by atoms with Gasteiger partial charge < -0.3 is 14.6 Å². The topological polar surface area (TPSA) is 38.7 Å². The summed E-state index contributed by atoms with van der Waals surface area (Å²) in [4.78, 5) is 0. The minimum Gasteiger partial charge on any atom is -0.493 e. The highest BCUT2D eigenvalue weighted by Gasteiger charge is 2.23. The highest BCUT2D eigenvalue weighted by atomic mass is 19.1. The van der Waals surface area contributed by atoms with Gasteiger partial charge in [-0.3, -0.25) is 0 Å². The van der Waals surface area contributed by atoms with Crippen LogP contribution in [0.25, 0.3) is 0 Å². The molecule has 0 aliphatic heterocycles. The van der Waals surface area contributed by atoms with E-state index in [1.165, 1.54) is 21.1 Å². The Hall–Kier alpha value is -1.29. The molecule has 0 saturated heterocycles. The fraction of sp³-hybridized carbons (Fsp3) is 0.538. The van der Waals surface area contributed by atoms with Gasteiger partial charge in [-0.2, -0.15) is 0 Å². The first-order chi connectivity index (χ1) is 7.81. The molecule has 4 heteroatoms. The second kappa shape index (κ2) is 4.92. The predicted octanol–water partition coefficient (Wildman–Crippen LogP) is 2.96. The number of methoxy groups -OCH3 is 2. The van der Waals surface area contributed by atoms with Gasteiger partial charge in [0.15, 0.2) is 11.5 Å². The average Bonchev–Trinajstić information content (AvgIpc) is 2.25. The lowest BCUT2D eigenvalue weighted by atomic mass is 9.94. The number of benzene rings is 1. The van der Waals surface area contributed by atoms with Gasteiger partial charge in [0, 0.05) is 5.56 Å². The van der Waals surface area contributed by atoms with Gasteiger partial charge in [0.25, 0.3) is 0 Å². The Kier molecular flexibility index (Phi) is 3.98. The first-order valence-corrected chi connectivity index (χ1v) is 5.44. The normalized spacial score (nSPS) is 13.4. The molecule has 1 aromatic rings. The highest BCUT2D eigenvalue weighted by molar-refractivity contribution is 5.51. The van der Waals surface area contributed by atoms with Crippen LogP contribution in [0.15, 0.2) is 12.1 Å². The van der Waals surface area contributed by atoms with Crippen molar-refractivity contribution in [2.45, 2.75) is 32.5 Å². The van der Waals surface area contributed by atoms with Gasteiger partial charge in [-0.05, 0) is 38.5 Å². The summed E-state index contributed by atoms with van der Waals surface area (Å²) >= 11 is 0. The van der Waals surface area contributed by atoms with E-state index in [9.17, 15) is 9.50 Å². The Labute approximate surface area is 101 Å². The Balaban J connectivity index is 3.46. The van der Waals surface area contributed by atoms with Crippen LogP contribution in [0.2, 0.25) is 0 Å². The summed E-state index contributed by atoms with van der Waals surface area (Å²) in [7, 11) is 2.95. The molecule has 0 bridgehead atoms. The smallest absolute Gasteiger partial charge is 0.166 e. The van der Waals surface area contributed by atoms with E-state index in [0.717, 1.165) is 0 Å². The molecule has 0 saturated carbocycles. The molecule has 0 amide bonds. The molecule has 1 aromatic carbocycles. The minimum absolute atomic E-state index is 0.371. The highest BCUT2D eigenvalue weighted by Crippen LogP contribution is 2.39. The van der Waals surface area contributed by atoms with Crippen molar-refractivity contribution in [2.75, 3.05) is 14.2 Å². The van der Waals surface area contributed by atoms with Crippen molar-refractivity contribution in [2.24, 2.45) is 0 Å². The molecule has 1 unspecified atom stereocenters. The molecule has 0 fully saturated rings. The number of ether oxygens (including phenoxy) is 2. The summed E-state index contributed by atoms with van der Waals surface area (Å²) in [6, 6.07) is 3.26. The Morgan fingerprint density at radius 3 is 2.18 bits per heavy atom. The maximum absolute atomic E-state index is 13.5. The lowest BCUT2D eigenvalue weighted by molar-refractivity contribution is 0.0780. The fourth-order valence-electron chi connectivity index (χ4n) is 1.64. The van der Waals surface area contributed by atoms with Crippen LogP contribution in [0.3, 0.4) is 0 Å². The second-order valence-electron chi connectivity index (χ2n) is 4.48. The summed E-state index contributed by atoms with van der Waals surface area (Å²) in [6.45, 7) is 4.70. The zero-order valence-corrected chi connectivity index (χ0v) is 10.9. The molecule has 0 aromatic heterocycles. The van der Waals surface area contributed by atoms with Crippen LogP contribution in [0.1, 0.15) is 38.1 Å². The molecule has 0 heterocycles. The van der Waals surface area contributed by atoms with Gasteiger partial charge >= 0.3 is 0 Å². The average molecular weight is 242 g/mol. The van der Waals surface area contributed by atoms with Gasteiger partial charge in [0.05, 0.1) is 19.8 Å². The third-order valence-corrected chi connectivity index (χ3v) is 2.64. The van der Waals surface area contributed by atoms with Crippen LogP contribution >= 0.6 is 0 Å². The maximum Gasteiger partial charge on any atom is 0.166 e. The Morgan fingerprint density at radius 1 is 1.24 bits per heavy atom. The first-order valence-electron chi connectivity index (χ1n) is 5.44. The molecule has 3 nitrogen and oxygen atoms in total. The van der Waals surface area contributed by atoms with E-state index in [1.807, 2.05) is 0 Å². The number of hydrogen-bond acceptors (Lipinski definition) is 3. The van der Waals surface area contributed by atoms with Crippen molar-refractivity contribution in [3.8, 4) is 11.5 Å². The first kappa shape index (κ1) is 13.8. The third-order valence-electron chi connectivity index (χ3n) is 2.64. The van der Waals surface area contributed by atoms with Crippen LogP contribution in [0.4, 0.5) is 4.39 Å². The van der Waals surface area contributed by atoms with Crippen LogP contribution in [0, 0.1) is 0 Å². The summed E-state index contributed by atoms with van der Waals surface area (Å²) in [5, 5.41) is 9.96. The second-order valence-corrected chi connectivity index (χ2v) is 4.48. The van der Waals surface area contributed by atoms with E-state index in [2.05, 4.69) is 0 Å². The molecule has 0 aliphatic carbocycles. The fourth-order valence-corrected chi connectivity index (χ4v) is 1.64. The van der Waals surface area contributed by atoms with Crippen LogP contribution in [-0.4, -0.2) is 19.3 Å². The predicted molar refractivity (Wildman–Crippen MR) is 64.3 cm³/mol. The van der Waals surface area contributed by atoms with Gasteiger partial charge in [-0.15, -0.1) is 0 Å². The zero-order chi connectivity index (χ0) is 13.2. The third kappa shape index (κ3) is 2.88. The van der Waals surface area contributed by atoms with E-state index in [4.69, 9.17) is 9.47 Å². The van der Waals surface area contributed by atoms with E-state index in [-0.39, 0.29) is 0 Å². The SMILES string of the molecule is COc1cc(C(C)(C)O)cc(C(C)F)c1OC. The van der Waals surface area contributed by atoms with Crippen molar-refractivity contribution in [3.63, 3.8) is 0 Å². The Bertz CT molecular complexity index is 394. The van der Waals surface area contributed by atoms with Crippen molar-refractivity contribution >= 4 is 0 Å². The Morgan fingerprint density at radius 2 is 1.82 bits per heavy atom. The van der Waals surface area contributed by atoms with E-state index in [0.29, 0.717) is 22.6 Å². The van der Waals surface area contributed by atoms with Gasteiger partial charge in [-0.1, -0.05) is 0 Å². The maximum atomic E-state index is 13.5. The van der Waals surface area contributed by atoms with Crippen molar-refractivity contribution in [1.29, 1.82) is 0 Å². The quantitative estimate of drug-likeness (QED) is 0.882. The molecule has 0 aliphatic rings. The molecular formula is C13H19FO3. The van der Waals surface area contributed by atoms with Crippen molar-refractivity contribution < 1.29 is 19.0 Å². The molecule has 1 rings (SSSR count). The minimum atomic E-state index is -1.19. The van der Waals surface area contributed by atoms with Crippen LogP contribution in [0.5, 0.6) is 11.5 Å². The van der Waals surface area contributed by atoms with Gasteiger partial charge in [0.2, 0.25) is 0 Å². The van der Waals surface area contributed by atoms with E-state index in [1.54, 1.807) is 26.0 Å². The number of alkyl halides is 1. The number of hydrogen-bond donors (Lipinski definition) is 1.